The second-order valence-electron chi connectivity index (χ2n) is 6.37. The second-order valence-corrected chi connectivity index (χ2v) is 6.37. The number of benzene rings is 2. The number of aliphatic hydroxyl groups excluding tert-OH is 1. The van der Waals surface area contributed by atoms with E-state index in [4.69, 9.17) is 4.42 Å². The van der Waals surface area contributed by atoms with E-state index >= 15 is 0 Å². The molecule has 1 aromatic heterocycles. The van der Waals surface area contributed by atoms with Gasteiger partial charge in [-0.15, -0.1) is 0 Å². The van der Waals surface area contributed by atoms with Gasteiger partial charge >= 0.3 is 0 Å². The molecule has 26 heavy (non-hydrogen) atoms. The number of hydrogen-bond donors (Lipinski definition) is 2. The lowest BCUT2D eigenvalue weighted by Gasteiger charge is -2.11. The van der Waals surface area contributed by atoms with Crippen LogP contribution in [-0.4, -0.2) is 17.6 Å². The van der Waals surface area contributed by atoms with Crippen LogP contribution in [-0.2, 0) is 0 Å². The molecule has 0 aliphatic heterocycles. The Bertz CT molecular complexity index is 866. The Morgan fingerprint density at radius 1 is 1.04 bits per heavy atom. The van der Waals surface area contributed by atoms with Crippen molar-refractivity contribution in [2.75, 3.05) is 6.54 Å². The van der Waals surface area contributed by atoms with Crippen LogP contribution in [0.25, 0.3) is 11.1 Å². The Hall–Kier alpha value is -2.85. The van der Waals surface area contributed by atoms with Gasteiger partial charge in [0.2, 0.25) is 0 Å². The van der Waals surface area contributed by atoms with Crippen molar-refractivity contribution in [1.29, 1.82) is 0 Å². The third-order valence-corrected chi connectivity index (χ3v) is 4.40. The first-order valence-corrected chi connectivity index (χ1v) is 8.73. The van der Waals surface area contributed by atoms with Crippen molar-refractivity contribution in [3.05, 3.63) is 83.3 Å². The van der Waals surface area contributed by atoms with E-state index in [0.29, 0.717) is 18.5 Å². The predicted octanol–water partition coefficient (Wildman–Crippen LogP) is 4.42. The van der Waals surface area contributed by atoms with Gasteiger partial charge in [-0.25, -0.2) is 0 Å². The number of nitrogens with one attached hydrogen (secondary N) is 1. The largest absolute Gasteiger partial charge is 0.466 e. The van der Waals surface area contributed by atoms with Crippen LogP contribution in [0.1, 0.15) is 40.0 Å². The molecule has 1 heterocycles. The minimum Gasteiger partial charge on any atom is -0.466 e. The van der Waals surface area contributed by atoms with Crippen LogP contribution in [0.2, 0.25) is 0 Å². The fourth-order valence-electron chi connectivity index (χ4n) is 3.01. The summed E-state index contributed by atoms with van der Waals surface area (Å²) in [5.74, 6) is 1.36. The van der Waals surface area contributed by atoms with E-state index in [2.05, 4.69) is 5.32 Å². The zero-order valence-corrected chi connectivity index (χ0v) is 15.0. The van der Waals surface area contributed by atoms with Gasteiger partial charge in [-0.3, -0.25) is 4.79 Å². The quantitative estimate of drug-likeness (QED) is 0.692. The molecule has 0 aliphatic rings. The third-order valence-electron chi connectivity index (χ3n) is 4.40. The summed E-state index contributed by atoms with van der Waals surface area (Å²) in [5, 5.41) is 13.1. The molecule has 0 aliphatic carbocycles. The lowest BCUT2D eigenvalue weighted by atomic mass is 10.0. The highest BCUT2D eigenvalue weighted by Gasteiger charge is 2.15. The average Bonchev–Trinajstić information content (AvgIpc) is 3.00. The lowest BCUT2D eigenvalue weighted by molar-refractivity contribution is 0.0942. The highest BCUT2D eigenvalue weighted by molar-refractivity contribution is 5.94. The highest BCUT2D eigenvalue weighted by atomic mass is 16.3. The van der Waals surface area contributed by atoms with E-state index in [-0.39, 0.29) is 5.91 Å². The molecule has 2 N–H and O–H groups in total. The van der Waals surface area contributed by atoms with Crippen molar-refractivity contribution in [1.82, 2.24) is 5.32 Å². The van der Waals surface area contributed by atoms with Crippen LogP contribution in [0.4, 0.5) is 0 Å². The minimum atomic E-state index is -0.645. The summed E-state index contributed by atoms with van der Waals surface area (Å²) in [5.41, 5.74) is 3.58. The standard InChI is InChI=1S/C22H23NO3/c1-15-14-20(16(2)26-15)21(24)12-13-23-22(25)19-10-8-18(9-11-19)17-6-4-3-5-7-17/h3-11,14,21,24H,12-13H2,1-2H3,(H,23,25). The van der Waals surface area contributed by atoms with Crippen molar-refractivity contribution < 1.29 is 14.3 Å². The fourth-order valence-corrected chi connectivity index (χ4v) is 3.01. The molecule has 3 rings (SSSR count). The molecule has 0 saturated heterocycles. The number of aryl methyl sites for hydroxylation is 2. The summed E-state index contributed by atoms with van der Waals surface area (Å²) in [4.78, 5) is 12.3. The van der Waals surface area contributed by atoms with E-state index in [1.807, 2.05) is 74.5 Å². The summed E-state index contributed by atoms with van der Waals surface area (Å²) >= 11 is 0. The van der Waals surface area contributed by atoms with Crippen molar-refractivity contribution in [2.24, 2.45) is 0 Å². The molecular formula is C22H23NO3. The highest BCUT2D eigenvalue weighted by Crippen LogP contribution is 2.23. The molecule has 0 saturated carbocycles. The van der Waals surface area contributed by atoms with Gasteiger partial charge in [0.05, 0.1) is 6.10 Å². The maximum Gasteiger partial charge on any atom is 0.251 e. The molecule has 0 spiro atoms. The molecule has 1 amide bonds. The smallest absolute Gasteiger partial charge is 0.251 e. The van der Waals surface area contributed by atoms with Crippen molar-refractivity contribution >= 4 is 5.91 Å². The van der Waals surface area contributed by atoms with Crippen molar-refractivity contribution in [3.8, 4) is 11.1 Å². The molecule has 0 bridgehead atoms. The monoisotopic (exact) mass is 349 g/mol. The van der Waals surface area contributed by atoms with Crippen LogP contribution in [0.15, 0.2) is 65.1 Å². The Balaban J connectivity index is 1.54. The number of aliphatic hydroxyl groups is 1. The van der Waals surface area contributed by atoms with Crippen LogP contribution in [0.5, 0.6) is 0 Å². The van der Waals surface area contributed by atoms with Crippen LogP contribution in [0.3, 0.4) is 0 Å². The summed E-state index contributed by atoms with van der Waals surface area (Å²) in [6.07, 6.45) is -0.207. The van der Waals surface area contributed by atoms with Gasteiger partial charge in [-0.2, -0.15) is 0 Å². The summed E-state index contributed by atoms with van der Waals surface area (Å²) < 4.78 is 5.43. The van der Waals surface area contributed by atoms with E-state index in [0.717, 1.165) is 28.2 Å². The van der Waals surface area contributed by atoms with E-state index in [9.17, 15) is 9.90 Å². The summed E-state index contributed by atoms with van der Waals surface area (Å²) in [6, 6.07) is 19.4. The van der Waals surface area contributed by atoms with Gasteiger partial charge in [0.25, 0.3) is 5.91 Å². The normalized spacial score (nSPS) is 12.0. The molecule has 3 aromatic rings. The van der Waals surface area contributed by atoms with Gasteiger partial charge in [0, 0.05) is 17.7 Å². The Morgan fingerprint density at radius 3 is 2.31 bits per heavy atom. The number of hydrogen-bond acceptors (Lipinski definition) is 3. The van der Waals surface area contributed by atoms with Crippen molar-refractivity contribution in [2.45, 2.75) is 26.4 Å². The van der Waals surface area contributed by atoms with Crippen molar-refractivity contribution in [3.63, 3.8) is 0 Å². The molecule has 1 unspecified atom stereocenters. The third kappa shape index (κ3) is 4.21. The molecule has 4 heteroatoms. The maximum atomic E-state index is 12.3. The Morgan fingerprint density at radius 2 is 1.69 bits per heavy atom. The van der Waals surface area contributed by atoms with Crippen LogP contribution >= 0.6 is 0 Å². The van der Waals surface area contributed by atoms with Crippen LogP contribution in [0, 0.1) is 13.8 Å². The van der Waals surface area contributed by atoms with Crippen LogP contribution < -0.4 is 5.32 Å². The zero-order valence-electron chi connectivity index (χ0n) is 15.0. The molecule has 1 atom stereocenters. The first-order valence-electron chi connectivity index (χ1n) is 8.73. The number of carbonyl (C=O) groups is 1. The van der Waals surface area contributed by atoms with E-state index < -0.39 is 6.10 Å². The topological polar surface area (TPSA) is 62.5 Å². The second kappa shape index (κ2) is 8.02. The Labute approximate surface area is 153 Å². The molecular weight excluding hydrogens is 326 g/mol. The average molecular weight is 349 g/mol. The number of rotatable bonds is 6. The maximum absolute atomic E-state index is 12.3. The number of carbonyl (C=O) groups excluding carboxylic acids is 1. The molecule has 4 nitrogen and oxygen atoms in total. The summed E-state index contributed by atoms with van der Waals surface area (Å²) in [7, 11) is 0. The van der Waals surface area contributed by atoms with Gasteiger partial charge in [0.1, 0.15) is 11.5 Å². The van der Waals surface area contributed by atoms with E-state index in [1.54, 1.807) is 0 Å². The van der Waals surface area contributed by atoms with Gasteiger partial charge in [-0.05, 0) is 49.6 Å². The Kier molecular flexibility index (Phi) is 5.54. The van der Waals surface area contributed by atoms with E-state index in [1.165, 1.54) is 0 Å². The van der Waals surface area contributed by atoms with Gasteiger partial charge < -0.3 is 14.8 Å². The number of furan rings is 1. The molecule has 2 aromatic carbocycles. The van der Waals surface area contributed by atoms with Gasteiger partial charge in [0.15, 0.2) is 0 Å². The summed E-state index contributed by atoms with van der Waals surface area (Å²) in [6.45, 7) is 4.08. The zero-order chi connectivity index (χ0) is 18.5. The predicted molar refractivity (Wildman–Crippen MR) is 102 cm³/mol. The molecule has 134 valence electrons. The fraction of sp³-hybridized carbons (Fsp3) is 0.227. The minimum absolute atomic E-state index is 0.142. The first kappa shape index (κ1) is 18.0. The lowest BCUT2D eigenvalue weighted by Crippen LogP contribution is -2.25. The molecule has 0 fully saturated rings. The SMILES string of the molecule is Cc1cc(C(O)CCNC(=O)c2ccc(-c3ccccc3)cc2)c(C)o1. The first-order chi connectivity index (χ1) is 12.5. The molecule has 0 radical (unpaired) electrons. The van der Waals surface area contributed by atoms with Gasteiger partial charge in [-0.1, -0.05) is 42.5 Å². The number of amides is 1.